The van der Waals surface area contributed by atoms with Crippen molar-refractivity contribution in [2.45, 2.75) is 50.7 Å². The van der Waals surface area contributed by atoms with E-state index >= 15 is 0 Å². The number of hydrogen-bond acceptors (Lipinski definition) is 3. The smallest absolute Gasteiger partial charge is 0.340 e. The Balaban J connectivity index is 1.63. The van der Waals surface area contributed by atoms with Gasteiger partial charge in [-0.25, -0.2) is 9.67 Å². The molecule has 1 aliphatic heterocycles. The molecular formula is C15H21F3N4O. The van der Waals surface area contributed by atoms with Gasteiger partial charge in [0.2, 0.25) is 5.91 Å². The van der Waals surface area contributed by atoms with Gasteiger partial charge in [-0.1, -0.05) is 6.42 Å². The van der Waals surface area contributed by atoms with Crippen molar-refractivity contribution < 1.29 is 18.0 Å². The number of nitrogens with zero attached hydrogens (tertiary/aromatic N) is 4. The van der Waals surface area contributed by atoms with Gasteiger partial charge in [0.1, 0.15) is 12.7 Å². The lowest BCUT2D eigenvalue weighted by molar-refractivity contribution is -0.187. The lowest BCUT2D eigenvalue weighted by Gasteiger charge is -2.37. The summed E-state index contributed by atoms with van der Waals surface area (Å²) in [6.07, 6.45) is 1.76. The van der Waals surface area contributed by atoms with Crippen molar-refractivity contribution in [2.75, 3.05) is 13.1 Å². The molecule has 23 heavy (non-hydrogen) atoms. The molecule has 1 saturated carbocycles. The van der Waals surface area contributed by atoms with E-state index in [9.17, 15) is 18.0 Å². The van der Waals surface area contributed by atoms with Crippen LogP contribution in [0.2, 0.25) is 0 Å². The monoisotopic (exact) mass is 330 g/mol. The van der Waals surface area contributed by atoms with Crippen molar-refractivity contribution in [1.82, 2.24) is 19.7 Å². The van der Waals surface area contributed by atoms with E-state index in [-0.39, 0.29) is 24.8 Å². The van der Waals surface area contributed by atoms with Crippen LogP contribution in [0.15, 0.2) is 12.7 Å². The van der Waals surface area contributed by atoms with E-state index in [4.69, 9.17) is 0 Å². The van der Waals surface area contributed by atoms with Gasteiger partial charge in [-0.2, -0.15) is 18.3 Å². The molecule has 0 radical (unpaired) electrons. The van der Waals surface area contributed by atoms with Crippen molar-refractivity contribution in [3.05, 3.63) is 12.7 Å². The molecule has 2 fully saturated rings. The minimum atomic E-state index is -4.19. The fourth-order valence-electron chi connectivity index (χ4n) is 3.75. The Bertz CT molecular complexity index is 531. The van der Waals surface area contributed by atoms with Gasteiger partial charge in [0.25, 0.3) is 0 Å². The normalized spacial score (nSPS) is 29.5. The largest absolute Gasteiger partial charge is 0.391 e. The van der Waals surface area contributed by atoms with Crippen LogP contribution < -0.4 is 0 Å². The molecule has 0 aromatic carbocycles. The zero-order valence-corrected chi connectivity index (χ0v) is 12.9. The van der Waals surface area contributed by atoms with Crippen molar-refractivity contribution in [3.8, 4) is 0 Å². The van der Waals surface area contributed by atoms with Gasteiger partial charge in [-0.15, -0.1) is 0 Å². The highest BCUT2D eigenvalue weighted by molar-refractivity contribution is 5.79. The summed E-state index contributed by atoms with van der Waals surface area (Å²) in [5.74, 6) is -1.95. The van der Waals surface area contributed by atoms with Crippen LogP contribution in [0.25, 0.3) is 0 Å². The van der Waals surface area contributed by atoms with Crippen LogP contribution in [-0.2, 0) is 4.79 Å². The highest BCUT2D eigenvalue weighted by Gasteiger charge is 2.44. The maximum Gasteiger partial charge on any atom is 0.391 e. The molecule has 0 N–H and O–H groups in total. The van der Waals surface area contributed by atoms with Crippen LogP contribution in [0, 0.1) is 11.8 Å². The molecule has 1 amide bonds. The minimum Gasteiger partial charge on any atom is -0.340 e. The molecule has 128 valence electrons. The number of halogens is 3. The topological polar surface area (TPSA) is 51.0 Å². The van der Waals surface area contributed by atoms with E-state index in [0.29, 0.717) is 25.9 Å². The minimum absolute atomic E-state index is 0.0627. The van der Waals surface area contributed by atoms with Crippen molar-refractivity contribution in [1.29, 1.82) is 0 Å². The third-order valence-corrected chi connectivity index (χ3v) is 5.01. The predicted octanol–water partition coefficient (Wildman–Crippen LogP) is 2.81. The van der Waals surface area contributed by atoms with Gasteiger partial charge in [-0.3, -0.25) is 4.79 Å². The molecule has 2 aliphatic rings. The number of carbonyl (C=O) groups is 1. The lowest BCUT2D eigenvalue weighted by Crippen LogP contribution is -2.45. The molecule has 1 aliphatic carbocycles. The van der Waals surface area contributed by atoms with Crippen LogP contribution in [0.5, 0.6) is 0 Å². The van der Waals surface area contributed by atoms with Crippen molar-refractivity contribution in [2.24, 2.45) is 11.8 Å². The van der Waals surface area contributed by atoms with E-state index < -0.39 is 18.0 Å². The summed E-state index contributed by atoms with van der Waals surface area (Å²) >= 11 is 0. The molecule has 0 unspecified atom stereocenters. The Labute approximate surface area is 132 Å². The van der Waals surface area contributed by atoms with Crippen LogP contribution in [-0.4, -0.2) is 44.8 Å². The first kappa shape index (κ1) is 16.3. The third kappa shape index (κ3) is 3.67. The van der Waals surface area contributed by atoms with Gasteiger partial charge in [0.05, 0.1) is 12.0 Å². The van der Waals surface area contributed by atoms with Crippen LogP contribution in [0.4, 0.5) is 13.2 Å². The highest BCUT2D eigenvalue weighted by atomic mass is 19.4. The molecule has 1 aromatic heterocycles. The molecule has 0 bridgehead atoms. The average Bonchev–Trinajstić information content (AvgIpc) is 3.08. The summed E-state index contributed by atoms with van der Waals surface area (Å²) in [5, 5.41) is 4.11. The van der Waals surface area contributed by atoms with Gasteiger partial charge in [0.15, 0.2) is 0 Å². The highest BCUT2D eigenvalue weighted by Crippen LogP contribution is 2.40. The number of rotatable bonds is 2. The van der Waals surface area contributed by atoms with E-state index in [2.05, 4.69) is 10.1 Å². The molecule has 3 atom stereocenters. The van der Waals surface area contributed by atoms with Gasteiger partial charge < -0.3 is 4.90 Å². The number of alkyl halides is 3. The van der Waals surface area contributed by atoms with Crippen molar-refractivity contribution >= 4 is 5.91 Å². The zero-order chi connectivity index (χ0) is 16.4. The average molecular weight is 330 g/mol. The first-order valence-corrected chi connectivity index (χ1v) is 8.14. The fourth-order valence-corrected chi connectivity index (χ4v) is 3.75. The summed E-state index contributed by atoms with van der Waals surface area (Å²) in [7, 11) is 0. The summed E-state index contributed by atoms with van der Waals surface area (Å²) in [6, 6.07) is 0.0669. The van der Waals surface area contributed by atoms with Crippen LogP contribution >= 0.6 is 0 Å². The SMILES string of the molecule is O=C([C@@H]1CCC[C@H](C(F)(F)F)C1)N1CCC[C@H](n2cncn2)C1. The number of piperidine rings is 1. The number of hydrogen-bond donors (Lipinski definition) is 0. The van der Waals surface area contributed by atoms with E-state index in [1.807, 2.05) is 0 Å². The number of aromatic nitrogens is 3. The molecule has 2 heterocycles. The number of likely N-dealkylation sites (tertiary alicyclic amines) is 1. The predicted molar refractivity (Wildman–Crippen MR) is 76.4 cm³/mol. The summed E-state index contributed by atoms with van der Waals surface area (Å²) < 4.78 is 40.5. The van der Waals surface area contributed by atoms with E-state index in [1.165, 1.54) is 6.33 Å². The Hall–Kier alpha value is -1.60. The van der Waals surface area contributed by atoms with Crippen LogP contribution in [0.1, 0.15) is 44.6 Å². The third-order valence-electron chi connectivity index (χ3n) is 5.01. The Kier molecular flexibility index (Phi) is 4.59. The Morgan fingerprint density at radius 3 is 2.70 bits per heavy atom. The second-order valence-corrected chi connectivity index (χ2v) is 6.56. The lowest BCUT2D eigenvalue weighted by atomic mass is 9.80. The van der Waals surface area contributed by atoms with E-state index in [0.717, 1.165) is 12.8 Å². The Morgan fingerprint density at radius 2 is 2.00 bits per heavy atom. The number of amides is 1. The quantitative estimate of drug-likeness (QED) is 0.838. The van der Waals surface area contributed by atoms with Gasteiger partial charge in [0, 0.05) is 19.0 Å². The van der Waals surface area contributed by atoms with Crippen molar-refractivity contribution in [3.63, 3.8) is 0 Å². The zero-order valence-electron chi connectivity index (χ0n) is 12.9. The molecular weight excluding hydrogens is 309 g/mol. The first-order chi connectivity index (χ1) is 10.9. The second-order valence-electron chi connectivity index (χ2n) is 6.56. The summed E-state index contributed by atoms with van der Waals surface area (Å²) in [5.41, 5.74) is 0. The molecule has 1 saturated heterocycles. The van der Waals surface area contributed by atoms with E-state index in [1.54, 1.807) is 15.9 Å². The maximum atomic E-state index is 12.9. The second kappa shape index (κ2) is 6.49. The summed E-state index contributed by atoms with van der Waals surface area (Å²) in [4.78, 5) is 18.3. The van der Waals surface area contributed by atoms with Gasteiger partial charge >= 0.3 is 6.18 Å². The first-order valence-electron chi connectivity index (χ1n) is 8.14. The van der Waals surface area contributed by atoms with Crippen LogP contribution in [0.3, 0.4) is 0 Å². The Morgan fingerprint density at radius 1 is 1.17 bits per heavy atom. The molecule has 1 aromatic rings. The molecule has 8 heteroatoms. The fraction of sp³-hybridized carbons (Fsp3) is 0.800. The standard InChI is InChI=1S/C15H21F3N4O/c16-15(17,18)12-4-1-3-11(7-12)14(23)21-6-2-5-13(8-21)22-10-19-9-20-22/h9-13H,1-8H2/t11-,12+,13+/m1/s1. The maximum absolute atomic E-state index is 12.9. The number of carbonyl (C=O) groups excluding carboxylic acids is 1. The molecule has 3 rings (SSSR count). The van der Waals surface area contributed by atoms with Gasteiger partial charge in [-0.05, 0) is 32.1 Å². The molecule has 0 spiro atoms. The summed E-state index contributed by atoms with van der Waals surface area (Å²) in [6.45, 7) is 1.13. The molecule has 5 nitrogen and oxygen atoms in total.